The summed E-state index contributed by atoms with van der Waals surface area (Å²) in [6.45, 7) is 5.80. The molecule has 0 aliphatic rings. The van der Waals surface area contributed by atoms with Gasteiger partial charge in [0.15, 0.2) is 0 Å². The van der Waals surface area contributed by atoms with Gasteiger partial charge in [-0.2, -0.15) is 26.3 Å². The summed E-state index contributed by atoms with van der Waals surface area (Å²) in [6, 6.07) is 0. The SMILES string of the molecule is CCOC(C)(C)CC(C)(C)OCC(F)(F)OC(F)(F)C(F)(F)OC(F)(F)F. The smallest absolute Gasteiger partial charge is 0.376 e. The summed E-state index contributed by atoms with van der Waals surface area (Å²) in [5.41, 5.74) is -2.25. The molecular formula is C14H21F9O4. The van der Waals surface area contributed by atoms with Crippen molar-refractivity contribution in [3.05, 3.63) is 0 Å². The fraction of sp³-hybridized carbons (Fsp3) is 1.00. The Labute approximate surface area is 149 Å². The van der Waals surface area contributed by atoms with Crippen LogP contribution in [-0.4, -0.2) is 49.1 Å². The molecule has 27 heavy (non-hydrogen) atoms. The fourth-order valence-electron chi connectivity index (χ4n) is 2.28. The van der Waals surface area contributed by atoms with Crippen LogP contribution in [0.5, 0.6) is 0 Å². The van der Waals surface area contributed by atoms with E-state index in [0.717, 1.165) is 0 Å². The van der Waals surface area contributed by atoms with Crippen molar-refractivity contribution < 1.29 is 58.5 Å². The largest absolute Gasteiger partial charge is 0.527 e. The van der Waals surface area contributed by atoms with Gasteiger partial charge in [-0.3, -0.25) is 0 Å². The molecule has 0 bridgehead atoms. The predicted molar refractivity (Wildman–Crippen MR) is 73.4 cm³/mol. The van der Waals surface area contributed by atoms with Crippen molar-refractivity contribution in [3.63, 3.8) is 0 Å². The van der Waals surface area contributed by atoms with E-state index in [1.54, 1.807) is 20.8 Å². The number of ether oxygens (including phenoxy) is 4. The Kier molecular flexibility index (Phi) is 8.05. The summed E-state index contributed by atoms with van der Waals surface area (Å²) in [5, 5.41) is 0. The maximum Gasteiger partial charge on any atom is 0.527 e. The van der Waals surface area contributed by atoms with Crippen LogP contribution < -0.4 is 0 Å². The average Bonchev–Trinajstić information content (AvgIpc) is 2.30. The molecule has 0 fully saturated rings. The molecule has 0 atom stereocenters. The Morgan fingerprint density at radius 3 is 1.44 bits per heavy atom. The Bertz CT molecular complexity index is 476. The van der Waals surface area contributed by atoms with Gasteiger partial charge in [0.25, 0.3) is 0 Å². The van der Waals surface area contributed by atoms with Gasteiger partial charge >= 0.3 is 24.7 Å². The molecule has 0 saturated carbocycles. The number of hydrogen-bond donors (Lipinski definition) is 0. The second-order valence-corrected chi connectivity index (χ2v) is 6.74. The molecule has 13 heteroatoms. The van der Waals surface area contributed by atoms with Crippen LogP contribution >= 0.6 is 0 Å². The highest BCUT2D eigenvalue weighted by atomic mass is 19.4. The van der Waals surface area contributed by atoms with Crippen molar-refractivity contribution in [2.24, 2.45) is 0 Å². The van der Waals surface area contributed by atoms with Crippen LogP contribution in [0.2, 0.25) is 0 Å². The fourth-order valence-corrected chi connectivity index (χ4v) is 2.28. The van der Waals surface area contributed by atoms with E-state index in [0.29, 0.717) is 0 Å². The van der Waals surface area contributed by atoms with Crippen LogP contribution in [0.15, 0.2) is 0 Å². The van der Waals surface area contributed by atoms with Gasteiger partial charge in [0.05, 0.1) is 11.2 Å². The minimum Gasteiger partial charge on any atom is -0.376 e. The molecule has 0 saturated heterocycles. The van der Waals surface area contributed by atoms with Gasteiger partial charge < -0.3 is 9.47 Å². The second kappa shape index (κ2) is 8.29. The van der Waals surface area contributed by atoms with Gasteiger partial charge in [-0.25, -0.2) is 9.47 Å². The van der Waals surface area contributed by atoms with E-state index in [1.807, 2.05) is 4.74 Å². The summed E-state index contributed by atoms with van der Waals surface area (Å²) < 4.78 is 128. The molecule has 0 aromatic heterocycles. The number of alkyl halides is 9. The Balaban J connectivity index is 5.02. The summed E-state index contributed by atoms with van der Waals surface area (Å²) in [5.74, 6) is 0. The van der Waals surface area contributed by atoms with Crippen molar-refractivity contribution in [2.45, 2.75) is 76.9 Å². The maximum atomic E-state index is 13.5. The predicted octanol–water partition coefficient (Wildman–Crippen LogP) is 5.32. The zero-order valence-corrected chi connectivity index (χ0v) is 15.2. The lowest BCUT2D eigenvalue weighted by atomic mass is 9.92. The average molecular weight is 424 g/mol. The van der Waals surface area contributed by atoms with E-state index in [2.05, 4.69) is 4.74 Å². The molecule has 164 valence electrons. The van der Waals surface area contributed by atoms with Gasteiger partial charge in [-0.1, -0.05) is 0 Å². The molecule has 0 aromatic carbocycles. The van der Waals surface area contributed by atoms with Crippen LogP contribution in [0.1, 0.15) is 41.0 Å². The first kappa shape index (κ1) is 26.2. The highest BCUT2D eigenvalue weighted by Gasteiger charge is 2.68. The normalized spacial score (nSPS) is 15.3. The first-order valence-electron chi connectivity index (χ1n) is 7.52. The first-order chi connectivity index (χ1) is 11.6. The van der Waals surface area contributed by atoms with E-state index in [1.165, 1.54) is 13.8 Å². The monoisotopic (exact) mass is 424 g/mol. The Hall–Kier alpha value is -0.790. The van der Waals surface area contributed by atoms with E-state index in [4.69, 9.17) is 9.47 Å². The summed E-state index contributed by atoms with van der Waals surface area (Å²) in [6.07, 6.45) is -23.9. The van der Waals surface area contributed by atoms with Crippen LogP contribution in [0.25, 0.3) is 0 Å². The zero-order chi connectivity index (χ0) is 21.9. The molecular weight excluding hydrogens is 403 g/mol. The van der Waals surface area contributed by atoms with Gasteiger partial charge in [-0.15, -0.1) is 13.2 Å². The number of hydrogen-bond acceptors (Lipinski definition) is 4. The summed E-state index contributed by atoms with van der Waals surface area (Å²) >= 11 is 0. The third-order valence-electron chi connectivity index (χ3n) is 2.88. The lowest BCUT2D eigenvalue weighted by molar-refractivity contribution is -0.531. The Morgan fingerprint density at radius 2 is 1.04 bits per heavy atom. The van der Waals surface area contributed by atoms with Gasteiger partial charge in [-0.05, 0) is 34.6 Å². The molecule has 0 radical (unpaired) electrons. The van der Waals surface area contributed by atoms with Crippen molar-refractivity contribution in [3.8, 4) is 0 Å². The molecule has 0 spiro atoms. The van der Waals surface area contributed by atoms with Crippen LogP contribution in [-0.2, 0) is 18.9 Å². The number of rotatable bonds is 11. The minimum absolute atomic E-state index is 0.00629. The topological polar surface area (TPSA) is 36.9 Å². The number of halogens is 9. The van der Waals surface area contributed by atoms with Crippen molar-refractivity contribution in [1.82, 2.24) is 0 Å². The van der Waals surface area contributed by atoms with E-state index >= 15 is 0 Å². The molecule has 0 heterocycles. The third kappa shape index (κ3) is 9.81. The second-order valence-electron chi connectivity index (χ2n) is 6.74. The lowest BCUT2D eigenvalue weighted by Gasteiger charge is -2.36. The molecule has 0 unspecified atom stereocenters. The Morgan fingerprint density at radius 1 is 0.630 bits per heavy atom. The van der Waals surface area contributed by atoms with Gasteiger partial charge in [0.2, 0.25) is 0 Å². The third-order valence-corrected chi connectivity index (χ3v) is 2.88. The molecule has 0 aliphatic carbocycles. The molecule has 0 rings (SSSR count). The lowest BCUT2D eigenvalue weighted by Crippen LogP contribution is -2.52. The van der Waals surface area contributed by atoms with E-state index in [9.17, 15) is 39.5 Å². The molecule has 0 N–H and O–H groups in total. The van der Waals surface area contributed by atoms with Crippen LogP contribution in [0, 0.1) is 0 Å². The van der Waals surface area contributed by atoms with Crippen molar-refractivity contribution >= 4 is 0 Å². The summed E-state index contributed by atoms with van der Waals surface area (Å²) in [7, 11) is 0. The van der Waals surface area contributed by atoms with E-state index < -0.39 is 42.5 Å². The standard InChI is InChI=1S/C14H21F9O4/c1-6-24-9(2,3)7-10(4,5)25-8-11(15,16)26-12(17,18)13(19,20)27-14(21,22)23/h6-8H2,1-5H3. The minimum atomic E-state index is -6.39. The van der Waals surface area contributed by atoms with Crippen molar-refractivity contribution in [2.75, 3.05) is 13.2 Å². The van der Waals surface area contributed by atoms with Crippen LogP contribution in [0.3, 0.4) is 0 Å². The molecule has 0 amide bonds. The molecule has 0 aromatic rings. The molecule has 0 aliphatic heterocycles. The first-order valence-corrected chi connectivity index (χ1v) is 7.52. The van der Waals surface area contributed by atoms with Crippen LogP contribution in [0.4, 0.5) is 39.5 Å². The van der Waals surface area contributed by atoms with Gasteiger partial charge in [0.1, 0.15) is 6.61 Å². The zero-order valence-electron chi connectivity index (χ0n) is 15.2. The summed E-state index contributed by atoms with van der Waals surface area (Å²) in [4.78, 5) is 0. The molecule has 4 nitrogen and oxygen atoms in total. The quantitative estimate of drug-likeness (QED) is 0.421. The maximum absolute atomic E-state index is 13.5. The van der Waals surface area contributed by atoms with Crippen molar-refractivity contribution in [1.29, 1.82) is 0 Å². The van der Waals surface area contributed by atoms with Gasteiger partial charge in [0, 0.05) is 13.0 Å². The highest BCUT2D eigenvalue weighted by Crippen LogP contribution is 2.43. The highest BCUT2D eigenvalue weighted by molar-refractivity contribution is 4.82. The van der Waals surface area contributed by atoms with E-state index in [-0.39, 0.29) is 13.0 Å².